The van der Waals surface area contributed by atoms with Crippen LogP contribution in [0.3, 0.4) is 0 Å². The summed E-state index contributed by atoms with van der Waals surface area (Å²) in [7, 11) is 0. The zero-order valence-electron chi connectivity index (χ0n) is 12.8. The summed E-state index contributed by atoms with van der Waals surface area (Å²) in [6, 6.07) is 6.61. The fourth-order valence-corrected chi connectivity index (χ4v) is 3.36. The van der Waals surface area contributed by atoms with Gasteiger partial charge in [-0.1, -0.05) is 43.7 Å². The van der Waals surface area contributed by atoms with E-state index in [1.807, 2.05) is 0 Å². The summed E-state index contributed by atoms with van der Waals surface area (Å²) in [5, 5.41) is 3.72. The number of nitrogens with one attached hydrogen (secondary N) is 1. The van der Waals surface area contributed by atoms with Crippen LogP contribution in [0.15, 0.2) is 29.8 Å². The largest absolute Gasteiger partial charge is 0.384 e. The van der Waals surface area contributed by atoms with Gasteiger partial charge in [0.2, 0.25) is 0 Å². The van der Waals surface area contributed by atoms with Crippen molar-refractivity contribution in [3.05, 3.63) is 41.0 Å². The molecule has 0 radical (unpaired) electrons. The molecule has 0 heterocycles. The van der Waals surface area contributed by atoms with Gasteiger partial charge in [-0.3, -0.25) is 0 Å². The molecule has 0 saturated carbocycles. The van der Waals surface area contributed by atoms with Gasteiger partial charge in [-0.2, -0.15) is 0 Å². The first-order valence-electron chi connectivity index (χ1n) is 7.59. The van der Waals surface area contributed by atoms with E-state index in [0.29, 0.717) is 0 Å². The Balaban J connectivity index is 2.01. The first-order valence-corrected chi connectivity index (χ1v) is 7.59. The molecule has 1 aromatic carbocycles. The van der Waals surface area contributed by atoms with Gasteiger partial charge in [-0.05, 0) is 56.1 Å². The van der Waals surface area contributed by atoms with Gasteiger partial charge in [0, 0.05) is 12.2 Å². The Bertz CT molecular complexity index is 459. The molecule has 0 bridgehead atoms. The minimum atomic E-state index is 0.739. The normalized spacial score (nSPS) is 23.1. The van der Waals surface area contributed by atoms with Crippen molar-refractivity contribution in [3.63, 3.8) is 0 Å². The van der Waals surface area contributed by atoms with Gasteiger partial charge in [0.05, 0.1) is 0 Å². The van der Waals surface area contributed by atoms with Gasteiger partial charge in [0.25, 0.3) is 0 Å². The lowest BCUT2D eigenvalue weighted by molar-refractivity contribution is 0.421. The second kappa shape index (κ2) is 6.27. The van der Waals surface area contributed by atoms with Crippen molar-refractivity contribution < 1.29 is 0 Å². The molecule has 2 unspecified atom stereocenters. The quantitative estimate of drug-likeness (QED) is 0.752. The Kier molecular flexibility index (Phi) is 4.68. The van der Waals surface area contributed by atoms with Crippen LogP contribution in [0.5, 0.6) is 0 Å². The van der Waals surface area contributed by atoms with Crippen molar-refractivity contribution >= 4 is 5.69 Å². The molecule has 2 atom stereocenters. The lowest BCUT2D eigenvalue weighted by Gasteiger charge is -2.26. The molecule has 2 rings (SSSR count). The van der Waals surface area contributed by atoms with Crippen molar-refractivity contribution in [1.29, 1.82) is 0 Å². The molecule has 0 aromatic heterocycles. The summed E-state index contributed by atoms with van der Waals surface area (Å²) in [5.74, 6) is 1.52. The van der Waals surface area contributed by atoms with Crippen LogP contribution in [0, 0.1) is 18.8 Å². The molecule has 0 amide bonds. The van der Waals surface area contributed by atoms with Crippen LogP contribution < -0.4 is 5.32 Å². The summed E-state index contributed by atoms with van der Waals surface area (Å²) < 4.78 is 0. The Morgan fingerprint density at radius 2 is 2.05 bits per heavy atom. The highest BCUT2D eigenvalue weighted by Crippen LogP contribution is 2.29. The fourth-order valence-electron chi connectivity index (χ4n) is 3.36. The third-order valence-corrected chi connectivity index (χ3v) is 4.19. The van der Waals surface area contributed by atoms with Crippen molar-refractivity contribution in [1.82, 2.24) is 0 Å². The number of benzene rings is 1. The summed E-state index contributed by atoms with van der Waals surface area (Å²) in [5.41, 5.74) is 5.74. The van der Waals surface area contributed by atoms with Gasteiger partial charge >= 0.3 is 0 Å². The number of para-hydroxylation sites is 1. The number of hydrogen-bond donors (Lipinski definition) is 1. The van der Waals surface area contributed by atoms with Crippen LogP contribution in [0.25, 0.3) is 0 Å². The molecule has 0 saturated heterocycles. The van der Waals surface area contributed by atoms with Gasteiger partial charge in [-0.25, -0.2) is 0 Å². The van der Waals surface area contributed by atoms with Gasteiger partial charge < -0.3 is 5.32 Å². The second-order valence-electron chi connectivity index (χ2n) is 6.14. The van der Waals surface area contributed by atoms with E-state index in [-0.39, 0.29) is 0 Å². The molecule has 1 nitrogen and oxygen atoms in total. The smallest absolute Gasteiger partial charge is 0.0402 e. The van der Waals surface area contributed by atoms with Crippen molar-refractivity contribution in [2.24, 2.45) is 11.8 Å². The molecule has 0 aliphatic heterocycles. The zero-order chi connectivity index (χ0) is 13.8. The first kappa shape index (κ1) is 14.2. The van der Waals surface area contributed by atoms with Crippen molar-refractivity contribution in [2.45, 2.75) is 47.0 Å². The minimum absolute atomic E-state index is 0.739. The molecule has 1 aromatic rings. The zero-order valence-corrected chi connectivity index (χ0v) is 12.8. The molecule has 104 valence electrons. The number of anilines is 1. The van der Waals surface area contributed by atoms with E-state index >= 15 is 0 Å². The summed E-state index contributed by atoms with van der Waals surface area (Å²) in [4.78, 5) is 0. The molecule has 1 aliphatic rings. The van der Waals surface area contributed by atoms with Crippen LogP contribution in [0.1, 0.15) is 44.7 Å². The Labute approximate surface area is 118 Å². The standard InChI is InChI=1S/C18H27N/c1-5-17-8-6-7-15(4)18(17)19-12-16-10-13(2)9-14(3)11-16/h6-9,13,16,19H,5,10-12H2,1-4H3. The van der Waals surface area contributed by atoms with E-state index in [1.54, 1.807) is 5.57 Å². The molecular weight excluding hydrogens is 230 g/mol. The van der Waals surface area contributed by atoms with Gasteiger partial charge in [-0.15, -0.1) is 0 Å². The maximum atomic E-state index is 3.72. The lowest BCUT2D eigenvalue weighted by Crippen LogP contribution is -2.21. The third-order valence-electron chi connectivity index (χ3n) is 4.19. The number of rotatable bonds is 4. The predicted octanol–water partition coefficient (Wildman–Crippen LogP) is 4.96. The second-order valence-corrected chi connectivity index (χ2v) is 6.14. The Hall–Kier alpha value is -1.24. The lowest BCUT2D eigenvalue weighted by atomic mass is 9.83. The highest BCUT2D eigenvalue weighted by Gasteiger charge is 2.18. The SMILES string of the molecule is CCc1cccc(C)c1NCC1CC(C)=CC(C)C1. The van der Waals surface area contributed by atoms with Crippen LogP contribution in [0.4, 0.5) is 5.69 Å². The molecule has 0 spiro atoms. The predicted molar refractivity (Wildman–Crippen MR) is 84.7 cm³/mol. The van der Waals surface area contributed by atoms with Crippen LogP contribution in [0.2, 0.25) is 0 Å². The first-order chi connectivity index (χ1) is 9.10. The fraction of sp³-hybridized carbons (Fsp3) is 0.556. The average molecular weight is 257 g/mol. The van der Waals surface area contributed by atoms with E-state index in [1.165, 1.54) is 29.7 Å². The monoisotopic (exact) mass is 257 g/mol. The topological polar surface area (TPSA) is 12.0 Å². The summed E-state index contributed by atoms with van der Waals surface area (Å²) in [6.45, 7) is 10.1. The van der Waals surface area contributed by atoms with Crippen LogP contribution in [-0.4, -0.2) is 6.54 Å². The summed E-state index contributed by atoms with van der Waals surface area (Å²) >= 11 is 0. The maximum Gasteiger partial charge on any atom is 0.0402 e. The number of allylic oxidation sites excluding steroid dienone is 2. The minimum Gasteiger partial charge on any atom is -0.384 e. The molecule has 0 fully saturated rings. The van der Waals surface area contributed by atoms with E-state index in [2.05, 4.69) is 57.3 Å². The molecule has 19 heavy (non-hydrogen) atoms. The Morgan fingerprint density at radius 3 is 2.74 bits per heavy atom. The van der Waals surface area contributed by atoms with Crippen LogP contribution >= 0.6 is 0 Å². The van der Waals surface area contributed by atoms with Crippen molar-refractivity contribution in [3.8, 4) is 0 Å². The van der Waals surface area contributed by atoms with Crippen molar-refractivity contribution in [2.75, 3.05) is 11.9 Å². The van der Waals surface area contributed by atoms with Crippen LogP contribution in [-0.2, 0) is 6.42 Å². The van der Waals surface area contributed by atoms with E-state index in [4.69, 9.17) is 0 Å². The van der Waals surface area contributed by atoms with E-state index in [9.17, 15) is 0 Å². The average Bonchev–Trinajstić information content (AvgIpc) is 2.36. The van der Waals surface area contributed by atoms with E-state index < -0.39 is 0 Å². The number of hydrogen-bond acceptors (Lipinski definition) is 1. The summed E-state index contributed by atoms with van der Waals surface area (Å²) in [6.07, 6.45) is 6.11. The highest BCUT2D eigenvalue weighted by atomic mass is 14.9. The highest BCUT2D eigenvalue weighted by molar-refractivity contribution is 5.57. The Morgan fingerprint density at radius 1 is 1.26 bits per heavy atom. The van der Waals surface area contributed by atoms with Gasteiger partial charge in [0.15, 0.2) is 0 Å². The third kappa shape index (κ3) is 3.62. The molecule has 1 aliphatic carbocycles. The molecular formula is C18H27N. The van der Waals surface area contributed by atoms with E-state index in [0.717, 1.165) is 24.8 Å². The van der Waals surface area contributed by atoms with Gasteiger partial charge in [0.1, 0.15) is 0 Å². The maximum absolute atomic E-state index is 3.72. The molecule has 1 N–H and O–H groups in total. The number of aryl methyl sites for hydroxylation is 2. The molecule has 1 heteroatoms.